The largest absolute Gasteiger partial charge is 0.311 e. The van der Waals surface area contributed by atoms with Crippen LogP contribution in [0.1, 0.15) is 13.3 Å². The molecule has 1 rings (SSSR count). The first-order valence-electron chi connectivity index (χ1n) is 4.17. The summed E-state index contributed by atoms with van der Waals surface area (Å²) < 4.78 is 0. The molecular formula is C6H18N6O. The van der Waals surface area contributed by atoms with E-state index in [0.29, 0.717) is 13.1 Å². The quantitative estimate of drug-likeness (QED) is 0.238. The van der Waals surface area contributed by atoms with Crippen molar-refractivity contribution in [2.45, 2.75) is 19.0 Å². The van der Waals surface area contributed by atoms with Gasteiger partial charge in [-0.25, -0.2) is 5.01 Å². The van der Waals surface area contributed by atoms with Crippen molar-refractivity contribution in [3.05, 3.63) is 4.91 Å². The third-order valence-electron chi connectivity index (χ3n) is 2.16. The van der Waals surface area contributed by atoms with Crippen molar-refractivity contribution in [1.82, 2.24) is 10.3 Å². The molecule has 0 aromatic rings. The predicted octanol–water partition coefficient (Wildman–Crippen LogP) is -1.54. The van der Waals surface area contributed by atoms with Gasteiger partial charge >= 0.3 is 0 Å². The van der Waals surface area contributed by atoms with Crippen LogP contribution in [0.5, 0.6) is 0 Å². The highest BCUT2D eigenvalue weighted by Crippen LogP contribution is 2.14. The van der Waals surface area contributed by atoms with Crippen LogP contribution in [0.4, 0.5) is 0 Å². The monoisotopic (exact) mass is 190 g/mol. The topological polar surface area (TPSA) is 123 Å². The van der Waals surface area contributed by atoms with Crippen molar-refractivity contribution in [3.8, 4) is 0 Å². The molecule has 7 N–H and O–H groups in total. The molecule has 1 heterocycles. The molecule has 0 aromatic heterocycles. The van der Waals surface area contributed by atoms with Crippen LogP contribution in [0.3, 0.4) is 0 Å². The Morgan fingerprint density at radius 2 is 2.23 bits per heavy atom. The van der Waals surface area contributed by atoms with Gasteiger partial charge in [-0.2, -0.15) is 0 Å². The van der Waals surface area contributed by atoms with E-state index in [1.54, 1.807) is 0 Å². The van der Waals surface area contributed by atoms with Gasteiger partial charge in [0, 0.05) is 13.1 Å². The van der Waals surface area contributed by atoms with E-state index in [2.05, 4.69) is 22.3 Å². The summed E-state index contributed by atoms with van der Waals surface area (Å²) in [6.07, 6.45) is 0.728. The van der Waals surface area contributed by atoms with Gasteiger partial charge in [-0.1, -0.05) is 6.92 Å². The molecule has 7 heteroatoms. The number of nitrogens with two attached hydrogens (primary N) is 3. The minimum atomic E-state index is -0.569. The summed E-state index contributed by atoms with van der Waals surface area (Å²) in [6.45, 7) is 3.97. The number of rotatable bonds is 2. The highest BCUT2D eigenvalue weighted by Gasteiger charge is 2.33. The zero-order chi connectivity index (χ0) is 10.3. The fourth-order valence-corrected chi connectivity index (χ4v) is 1.23. The van der Waals surface area contributed by atoms with Gasteiger partial charge in [-0.15, -0.1) is 4.91 Å². The highest BCUT2D eigenvalue weighted by molar-refractivity contribution is 4.87. The van der Waals surface area contributed by atoms with E-state index >= 15 is 0 Å². The maximum absolute atomic E-state index is 10.3. The Morgan fingerprint density at radius 3 is 2.62 bits per heavy atom. The Kier molecular flexibility index (Phi) is 5.47. The fraction of sp³-hybridized carbons (Fsp3) is 1.00. The molecule has 0 amide bonds. The van der Waals surface area contributed by atoms with Gasteiger partial charge in [0.25, 0.3) is 0 Å². The lowest BCUT2D eigenvalue weighted by Crippen LogP contribution is -2.64. The summed E-state index contributed by atoms with van der Waals surface area (Å²) in [6, 6.07) is 0. The van der Waals surface area contributed by atoms with E-state index in [-0.39, 0.29) is 0 Å². The number of hydrogen-bond acceptors (Lipinski definition) is 6. The maximum atomic E-state index is 10.3. The van der Waals surface area contributed by atoms with Crippen LogP contribution in [0.15, 0.2) is 5.29 Å². The van der Waals surface area contributed by atoms with Gasteiger partial charge in [-0.05, 0) is 6.42 Å². The van der Waals surface area contributed by atoms with E-state index in [4.69, 9.17) is 5.73 Å². The first-order valence-corrected chi connectivity index (χ1v) is 4.17. The molecule has 1 fully saturated rings. The second-order valence-electron chi connectivity index (χ2n) is 2.84. The molecule has 1 aliphatic rings. The molecule has 1 aliphatic heterocycles. The normalized spacial score (nSPS) is 27.5. The summed E-state index contributed by atoms with van der Waals surface area (Å²) >= 11 is 0. The van der Waals surface area contributed by atoms with E-state index in [0.717, 1.165) is 13.0 Å². The molecular weight excluding hydrogens is 172 g/mol. The summed E-state index contributed by atoms with van der Waals surface area (Å²) in [5.41, 5.74) is 5.31. The Morgan fingerprint density at radius 1 is 1.62 bits per heavy atom. The van der Waals surface area contributed by atoms with Crippen molar-refractivity contribution < 1.29 is 0 Å². The van der Waals surface area contributed by atoms with Gasteiger partial charge in [0.1, 0.15) is 5.66 Å². The van der Waals surface area contributed by atoms with Crippen LogP contribution < -0.4 is 22.7 Å². The number of piperazine rings is 1. The lowest BCUT2D eigenvalue weighted by molar-refractivity contribution is 0.0622. The zero-order valence-electron chi connectivity index (χ0n) is 7.86. The standard InChI is InChI=1S/C6H14N4O.H4N2/c1-2-6(7)5-8-3-4-10(6)9-11;1-2/h8H,2-5,7H2,1H3;1-2H2. The summed E-state index contributed by atoms with van der Waals surface area (Å²) in [5.74, 6) is 8.00. The minimum Gasteiger partial charge on any atom is -0.311 e. The van der Waals surface area contributed by atoms with E-state index in [1.807, 2.05) is 6.92 Å². The van der Waals surface area contributed by atoms with Gasteiger partial charge < -0.3 is 11.1 Å². The van der Waals surface area contributed by atoms with Crippen molar-refractivity contribution in [2.75, 3.05) is 19.6 Å². The van der Waals surface area contributed by atoms with Crippen LogP contribution in [0, 0.1) is 4.91 Å². The number of nitrogens with zero attached hydrogens (tertiary/aromatic N) is 2. The van der Waals surface area contributed by atoms with E-state index in [1.165, 1.54) is 5.01 Å². The number of hydrazine groups is 1. The third kappa shape index (κ3) is 2.88. The molecule has 1 unspecified atom stereocenters. The van der Waals surface area contributed by atoms with E-state index in [9.17, 15) is 4.91 Å². The summed E-state index contributed by atoms with van der Waals surface area (Å²) in [5, 5.41) is 7.44. The molecule has 0 spiro atoms. The number of hydrogen-bond donors (Lipinski definition) is 4. The van der Waals surface area contributed by atoms with Gasteiger partial charge in [-0.3, -0.25) is 11.7 Å². The molecule has 1 saturated heterocycles. The average Bonchev–Trinajstić information content (AvgIpc) is 2.21. The Labute approximate surface area is 77.5 Å². The Bertz CT molecular complexity index is 154. The summed E-state index contributed by atoms with van der Waals surface area (Å²) in [4.78, 5) is 10.3. The highest BCUT2D eigenvalue weighted by atomic mass is 16.3. The number of nitroso groups, excluding NO2 is 1. The van der Waals surface area contributed by atoms with E-state index < -0.39 is 5.66 Å². The fourth-order valence-electron chi connectivity index (χ4n) is 1.23. The van der Waals surface area contributed by atoms with Crippen molar-refractivity contribution >= 4 is 0 Å². The second-order valence-corrected chi connectivity index (χ2v) is 2.84. The van der Waals surface area contributed by atoms with Crippen LogP contribution in [0.25, 0.3) is 0 Å². The van der Waals surface area contributed by atoms with Crippen molar-refractivity contribution in [3.63, 3.8) is 0 Å². The zero-order valence-corrected chi connectivity index (χ0v) is 7.86. The minimum absolute atomic E-state index is 0.569. The van der Waals surface area contributed by atoms with Crippen LogP contribution in [0.2, 0.25) is 0 Å². The number of nitrogens with one attached hydrogen (secondary N) is 1. The second kappa shape index (κ2) is 5.81. The molecule has 78 valence electrons. The lowest BCUT2D eigenvalue weighted by atomic mass is 10.1. The molecule has 1 atom stereocenters. The molecule has 0 saturated carbocycles. The van der Waals surface area contributed by atoms with Crippen LogP contribution in [-0.2, 0) is 0 Å². The van der Waals surface area contributed by atoms with Gasteiger partial charge in [0.05, 0.1) is 11.8 Å². The third-order valence-corrected chi connectivity index (χ3v) is 2.16. The molecule has 0 aliphatic carbocycles. The van der Waals surface area contributed by atoms with Gasteiger partial charge in [0.2, 0.25) is 0 Å². The average molecular weight is 190 g/mol. The van der Waals surface area contributed by atoms with Crippen LogP contribution in [-0.4, -0.2) is 30.3 Å². The molecule has 13 heavy (non-hydrogen) atoms. The summed E-state index contributed by atoms with van der Waals surface area (Å²) in [7, 11) is 0. The van der Waals surface area contributed by atoms with Crippen molar-refractivity contribution in [1.29, 1.82) is 0 Å². The lowest BCUT2D eigenvalue weighted by Gasteiger charge is -2.40. The predicted molar refractivity (Wildman–Crippen MR) is 51.0 cm³/mol. The molecule has 0 bridgehead atoms. The maximum Gasteiger partial charge on any atom is 0.120 e. The van der Waals surface area contributed by atoms with Crippen molar-refractivity contribution in [2.24, 2.45) is 22.7 Å². The smallest absolute Gasteiger partial charge is 0.120 e. The molecule has 7 nitrogen and oxygen atoms in total. The molecule has 0 radical (unpaired) electrons. The van der Waals surface area contributed by atoms with Gasteiger partial charge in [0.15, 0.2) is 0 Å². The first kappa shape index (κ1) is 12.2. The Hall–Kier alpha value is -0.760. The van der Waals surface area contributed by atoms with Crippen LogP contribution >= 0.6 is 0 Å². The Balaban J connectivity index is 0.000000671. The first-order chi connectivity index (χ1) is 6.23. The SMILES string of the molecule is CCC1(N)CNCCN1N=O.NN. The molecule has 0 aromatic carbocycles.